The molecule has 3 heterocycles. The number of hydrogen-bond acceptors (Lipinski definition) is 4. The average molecular weight is 390 g/mol. The molecule has 1 aliphatic heterocycles. The van der Waals surface area contributed by atoms with Crippen molar-refractivity contribution in [3.63, 3.8) is 0 Å². The van der Waals surface area contributed by atoms with Crippen molar-refractivity contribution in [1.29, 1.82) is 0 Å². The molecule has 0 saturated carbocycles. The van der Waals surface area contributed by atoms with Gasteiger partial charge in [0.1, 0.15) is 17.2 Å². The van der Waals surface area contributed by atoms with Crippen molar-refractivity contribution in [2.45, 2.75) is 24.9 Å². The van der Waals surface area contributed by atoms with Crippen LogP contribution in [0.4, 0.5) is 13.2 Å². The molecule has 9 heteroatoms. The second-order valence-corrected chi connectivity index (χ2v) is 6.67. The smallest absolute Gasteiger partial charge is 0.432 e. The number of likely N-dealkylation sites (tertiary alicyclic amines) is 1. The van der Waals surface area contributed by atoms with Crippen LogP contribution in [0.3, 0.4) is 0 Å². The lowest BCUT2D eigenvalue weighted by molar-refractivity contribution is -0.141. The van der Waals surface area contributed by atoms with E-state index in [1.165, 1.54) is 6.39 Å². The van der Waals surface area contributed by atoms with Gasteiger partial charge in [0.25, 0.3) is 5.91 Å². The lowest BCUT2D eigenvalue weighted by atomic mass is 9.97. The highest BCUT2D eigenvalue weighted by molar-refractivity contribution is 5.97. The third-order valence-electron chi connectivity index (χ3n) is 4.81. The maximum Gasteiger partial charge on any atom is 0.432 e. The molecule has 1 fully saturated rings. The highest BCUT2D eigenvalue weighted by atomic mass is 19.4. The number of imidazole rings is 1. The zero-order valence-electron chi connectivity index (χ0n) is 14.7. The number of carbonyl (C=O) groups excluding carboxylic acids is 1. The van der Waals surface area contributed by atoms with Gasteiger partial charge in [0, 0.05) is 24.6 Å². The summed E-state index contributed by atoms with van der Waals surface area (Å²) in [5, 5.41) is 0. The Bertz CT molecular complexity index is 965. The molecule has 28 heavy (non-hydrogen) atoms. The van der Waals surface area contributed by atoms with Gasteiger partial charge in [-0.05, 0) is 12.8 Å². The van der Waals surface area contributed by atoms with Crippen LogP contribution in [0, 0.1) is 0 Å². The van der Waals surface area contributed by atoms with E-state index >= 15 is 0 Å². The van der Waals surface area contributed by atoms with Crippen molar-refractivity contribution >= 4 is 5.91 Å². The molecular weight excluding hydrogens is 373 g/mol. The van der Waals surface area contributed by atoms with Gasteiger partial charge in [-0.15, -0.1) is 0 Å². The van der Waals surface area contributed by atoms with E-state index in [2.05, 4.69) is 15.0 Å². The molecule has 2 aromatic heterocycles. The molecule has 4 rings (SSSR count). The number of amides is 1. The third-order valence-corrected chi connectivity index (χ3v) is 4.81. The van der Waals surface area contributed by atoms with E-state index in [9.17, 15) is 18.0 Å². The second kappa shape index (κ2) is 7.14. The summed E-state index contributed by atoms with van der Waals surface area (Å²) in [7, 11) is 0. The quantitative estimate of drug-likeness (QED) is 0.731. The van der Waals surface area contributed by atoms with Gasteiger partial charge < -0.3 is 14.3 Å². The molecule has 1 aliphatic rings. The van der Waals surface area contributed by atoms with Crippen molar-refractivity contribution in [2.75, 3.05) is 13.1 Å². The number of benzene rings is 1. The van der Waals surface area contributed by atoms with Gasteiger partial charge in [0.2, 0.25) is 5.76 Å². The maximum atomic E-state index is 13.0. The molecule has 0 radical (unpaired) electrons. The second-order valence-electron chi connectivity index (χ2n) is 6.67. The summed E-state index contributed by atoms with van der Waals surface area (Å²) >= 11 is 0. The lowest BCUT2D eigenvalue weighted by Crippen LogP contribution is -2.39. The van der Waals surface area contributed by atoms with Crippen LogP contribution in [0.2, 0.25) is 0 Å². The number of halogens is 3. The molecule has 0 spiro atoms. The van der Waals surface area contributed by atoms with Crippen LogP contribution >= 0.6 is 0 Å². The standard InChI is InChI=1S/C19H17F3N4O2/c20-19(21,22)14-9-23-17(25-14)13-7-4-8-26(10-13)18(27)16-15(24-11-28-16)12-5-2-1-3-6-12/h1-3,5-6,9,11,13H,4,7-8,10H2,(H,23,25). The zero-order chi connectivity index (χ0) is 19.7. The Morgan fingerprint density at radius 3 is 2.71 bits per heavy atom. The number of carbonyl (C=O) groups is 1. The van der Waals surface area contributed by atoms with Crippen molar-refractivity contribution < 1.29 is 22.4 Å². The van der Waals surface area contributed by atoms with Crippen LogP contribution in [0.15, 0.2) is 47.3 Å². The first-order valence-electron chi connectivity index (χ1n) is 8.84. The van der Waals surface area contributed by atoms with Crippen molar-refractivity contribution in [1.82, 2.24) is 19.9 Å². The Hall–Kier alpha value is -3.10. The Kier molecular flexibility index (Phi) is 4.66. The number of nitrogens with zero attached hydrogens (tertiary/aromatic N) is 3. The molecular formula is C19H17F3N4O2. The van der Waals surface area contributed by atoms with Crippen molar-refractivity contribution in [3.05, 3.63) is 60.2 Å². The molecule has 1 aromatic carbocycles. The summed E-state index contributed by atoms with van der Waals surface area (Å²) in [6, 6.07) is 9.19. The fourth-order valence-corrected chi connectivity index (χ4v) is 3.42. The normalized spacial score (nSPS) is 17.7. The molecule has 1 amide bonds. The van der Waals surface area contributed by atoms with Gasteiger partial charge in [-0.25, -0.2) is 9.97 Å². The largest absolute Gasteiger partial charge is 0.438 e. The summed E-state index contributed by atoms with van der Waals surface area (Å²) in [6.07, 6.45) is -1.15. The Labute approximate surface area is 158 Å². The van der Waals surface area contributed by atoms with E-state index in [0.717, 1.165) is 11.8 Å². The number of aromatic amines is 1. The van der Waals surface area contributed by atoms with Gasteiger partial charge >= 0.3 is 6.18 Å². The minimum absolute atomic E-state index is 0.127. The highest BCUT2D eigenvalue weighted by Gasteiger charge is 2.35. The number of aromatic nitrogens is 3. The predicted octanol–water partition coefficient (Wildman–Crippen LogP) is 4.10. The molecule has 1 N–H and O–H groups in total. The van der Waals surface area contributed by atoms with Crippen LogP contribution in [-0.2, 0) is 6.18 Å². The number of nitrogens with one attached hydrogen (secondary N) is 1. The predicted molar refractivity (Wildman–Crippen MR) is 93.4 cm³/mol. The summed E-state index contributed by atoms with van der Waals surface area (Å²) < 4.78 is 43.8. The molecule has 6 nitrogen and oxygen atoms in total. The van der Waals surface area contributed by atoms with E-state index in [-0.39, 0.29) is 30.0 Å². The monoisotopic (exact) mass is 390 g/mol. The van der Waals surface area contributed by atoms with Gasteiger partial charge in [0.15, 0.2) is 6.39 Å². The summed E-state index contributed by atoms with van der Waals surface area (Å²) in [5.74, 6) is -0.256. The number of piperidine rings is 1. The number of rotatable bonds is 3. The van der Waals surface area contributed by atoms with E-state index in [4.69, 9.17) is 4.42 Å². The number of H-pyrrole nitrogens is 1. The SMILES string of the molecule is O=C(c1ocnc1-c1ccccc1)N1CCCC(c2ncc(C(F)(F)F)[nH]2)C1. The minimum atomic E-state index is -4.47. The van der Waals surface area contributed by atoms with E-state index in [1.54, 1.807) is 4.90 Å². The molecule has 3 aromatic rings. The third kappa shape index (κ3) is 3.51. The summed E-state index contributed by atoms with van der Waals surface area (Å²) in [5.41, 5.74) is 0.326. The molecule has 1 unspecified atom stereocenters. The average Bonchev–Trinajstić information content (AvgIpc) is 3.38. The summed E-state index contributed by atoms with van der Waals surface area (Å²) in [4.78, 5) is 24.9. The maximum absolute atomic E-state index is 13.0. The molecule has 1 atom stereocenters. The number of oxazole rings is 1. The first kappa shape index (κ1) is 18.3. The highest BCUT2D eigenvalue weighted by Crippen LogP contribution is 2.32. The number of alkyl halides is 3. The fourth-order valence-electron chi connectivity index (χ4n) is 3.42. The van der Waals surface area contributed by atoms with Gasteiger partial charge in [-0.3, -0.25) is 4.79 Å². The summed E-state index contributed by atoms with van der Waals surface area (Å²) in [6.45, 7) is 0.760. The number of hydrogen-bond donors (Lipinski definition) is 1. The fraction of sp³-hybridized carbons (Fsp3) is 0.316. The Morgan fingerprint density at radius 1 is 1.21 bits per heavy atom. The zero-order valence-corrected chi connectivity index (χ0v) is 14.7. The van der Waals surface area contributed by atoms with E-state index < -0.39 is 11.9 Å². The van der Waals surface area contributed by atoms with Gasteiger partial charge in [-0.1, -0.05) is 30.3 Å². The topological polar surface area (TPSA) is 75.0 Å². The molecule has 0 aliphatic carbocycles. The van der Waals surface area contributed by atoms with Crippen molar-refractivity contribution in [2.24, 2.45) is 0 Å². The Morgan fingerprint density at radius 2 is 2.00 bits per heavy atom. The van der Waals surface area contributed by atoms with Crippen molar-refractivity contribution in [3.8, 4) is 11.3 Å². The Balaban J connectivity index is 1.54. The van der Waals surface area contributed by atoms with Crippen LogP contribution < -0.4 is 0 Å². The van der Waals surface area contributed by atoms with Crippen LogP contribution in [0.25, 0.3) is 11.3 Å². The van der Waals surface area contributed by atoms with Crippen LogP contribution in [-0.4, -0.2) is 38.8 Å². The first-order chi connectivity index (χ1) is 13.4. The molecule has 146 valence electrons. The lowest BCUT2D eigenvalue weighted by Gasteiger charge is -2.31. The van der Waals surface area contributed by atoms with Crippen LogP contribution in [0.5, 0.6) is 0 Å². The van der Waals surface area contributed by atoms with E-state index in [1.807, 2.05) is 30.3 Å². The first-order valence-corrected chi connectivity index (χ1v) is 8.84. The minimum Gasteiger partial charge on any atom is -0.438 e. The van der Waals surface area contributed by atoms with E-state index in [0.29, 0.717) is 25.1 Å². The molecule has 0 bridgehead atoms. The van der Waals surface area contributed by atoms with Gasteiger partial charge in [0.05, 0.1) is 6.20 Å². The van der Waals surface area contributed by atoms with Gasteiger partial charge in [-0.2, -0.15) is 13.2 Å². The van der Waals surface area contributed by atoms with Crippen LogP contribution in [0.1, 0.15) is 40.8 Å². The molecule has 1 saturated heterocycles.